The Morgan fingerprint density at radius 2 is 1.90 bits per heavy atom. The van der Waals surface area contributed by atoms with Gasteiger partial charge in [-0.1, -0.05) is 38.1 Å². The molecular weight excluding hydrogens is 376 g/mol. The molecule has 1 aromatic carbocycles. The zero-order valence-electron chi connectivity index (χ0n) is 18.3. The Morgan fingerprint density at radius 1 is 1.13 bits per heavy atom. The lowest BCUT2D eigenvalue weighted by molar-refractivity contribution is -0.131. The first kappa shape index (κ1) is 22.1. The molecule has 1 aliphatic rings. The molecule has 30 heavy (non-hydrogen) atoms. The molecule has 0 aliphatic heterocycles. The molecule has 1 N–H and O–H groups in total. The van der Waals surface area contributed by atoms with Crippen molar-refractivity contribution in [3.05, 3.63) is 47.7 Å². The van der Waals surface area contributed by atoms with Crippen molar-refractivity contribution in [3.8, 4) is 0 Å². The molecular formula is C24H34N4O2. The lowest BCUT2D eigenvalue weighted by Crippen LogP contribution is -2.32. The van der Waals surface area contributed by atoms with Crippen LogP contribution in [0.25, 0.3) is 0 Å². The van der Waals surface area contributed by atoms with Gasteiger partial charge in [-0.3, -0.25) is 9.59 Å². The Kier molecular flexibility index (Phi) is 8.05. The van der Waals surface area contributed by atoms with Crippen LogP contribution in [-0.2, 0) is 16.0 Å². The highest BCUT2D eigenvalue weighted by Crippen LogP contribution is 2.34. The Bertz CT molecular complexity index is 839. The van der Waals surface area contributed by atoms with E-state index in [1.54, 1.807) is 6.20 Å². The molecule has 0 bridgehead atoms. The van der Waals surface area contributed by atoms with Crippen molar-refractivity contribution in [1.82, 2.24) is 14.7 Å². The van der Waals surface area contributed by atoms with Gasteiger partial charge in [0.1, 0.15) is 5.82 Å². The Labute approximate surface area is 179 Å². The first-order chi connectivity index (χ1) is 14.6. The quantitative estimate of drug-likeness (QED) is 0.624. The molecule has 3 rings (SSSR count). The Morgan fingerprint density at radius 3 is 2.67 bits per heavy atom. The molecule has 2 aromatic rings. The Hall–Kier alpha value is -2.63. The number of benzene rings is 1. The number of hydrogen-bond donors (Lipinski definition) is 1. The van der Waals surface area contributed by atoms with E-state index in [0.29, 0.717) is 19.3 Å². The van der Waals surface area contributed by atoms with Gasteiger partial charge < -0.3 is 10.2 Å². The number of hydrogen-bond acceptors (Lipinski definition) is 3. The van der Waals surface area contributed by atoms with Gasteiger partial charge in [-0.25, -0.2) is 4.68 Å². The van der Waals surface area contributed by atoms with Crippen LogP contribution in [0.2, 0.25) is 0 Å². The van der Waals surface area contributed by atoms with E-state index in [-0.39, 0.29) is 17.9 Å². The monoisotopic (exact) mass is 410 g/mol. The van der Waals surface area contributed by atoms with Crippen LogP contribution in [-0.4, -0.2) is 39.6 Å². The normalized spacial score (nSPS) is 15.5. The topological polar surface area (TPSA) is 67.2 Å². The molecule has 1 unspecified atom stereocenters. The van der Waals surface area contributed by atoms with Gasteiger partial charge in [-0.05, 0) is 49.7 Å². The summed E-state index contributed by atoms with van der Waals surface area (Å²) in [5.41, 5.74) is 2.66. The van der Waals surface area contributed by atoms with Gasteiger partial charge in [-0.15, -0.1) is 0 Å². The molecule has 1 heterocycles. The second-order valence-corrected chi connectivity index (χ2v) is 8.05. The molecule has 1 aliphatic carbocycles. The number of aromatic nitrogens is 2. The van der Waals surface area contributed by atoms with Gasteiger partial charge in [0.25, 0.3) is 0 Å². The van der Waals surface area contributed by atoms with Crippen LogP contribution in [0.3, 0.4) is 0 Å². The van der Waals surface area contributed by atoms with Crippen molar-refractivity contribution in [2.24, 2.45) is 0 Å². The van der Waals surface area contributed by atoms with E-state index < -0.39 is 0 Å². The second kappa shape index (κ2) is 11.0. The van der Waals surface area contributed by atoms with Gasteiger partial charge in [0.15, 0.2) is 0 Å². The summed E-state index contributed by atoms with van der Waals surface area (Å²) in [4.78, 5) is 26.8. The molecule has 0 saturated heterocycles. The first-order valence-electron chi connectivity index (χ1n) is 11.3. The van der Waals surface area contributed by atoms with Gasteiger partial charge in [0.05, 0.1) is 12.2 Å². The van der Waals surface area contributed by atoms with Gasteiger partial charge >= 0.3 is 0 Å². The van der Waals surface area contributed by atoms with Crippen molar-refractivity contribution in [3.63, 3.8) is 0 Å². The third-order valence-electron chi connectivity index (χ3n) is 5.71. The summed E-state index contributed by atoms with van der Waals surface area (Å²) in [7, 11) is 0. The number of carbonyl (C=O) groups excluding carboxylic acids is 2. The molecule has 6 nitrogen and oxygen atoms in total. The molecule has 162 valence electrons. The zero-order chi connectivity index (χ0) is 21.3. The molecule has 6 heteroatoms. The molecule has 2 amide bonds. The number of nitrogens with zero attached hydrogens (tertiary/aromatic N) is 3. The summed E-state index contributed by atoms with van der Waals surface area (Å²) >= 11 is 0. The van der Waals surface area contributed by atoms with Crippen LogP contribution >= 0.6 is 0 Å². The van der Waals surface area contributed by atoms with E-state index >= 15 is 0 Å². The largest absolute Gasteiger partial charge is 0.343 e. The summed E-state index contributed by atoms with van der Waals surface area (Å²) in [5, 5.41) is 7.51. The fraction of sp³-hybridized carbons (Fsp3) is 0.542. The maximum absolute atomic E-state index is 12.5. The van der Waals surface area contributed by atoms with Crippen molar-refractivity contribution in [2.75, 3.05) is 18.4 Å². The average Bonchev–Trinajstić information content (AvgIpc) is 3.20. The third-order valence-corrected chi connectivity index (χ3v) is 5.71. The minimum Gasteiger partial charge on any atom is -0.343 e. The fourth-order valence-electron chi connectivity index (χ4n) is 4.31. The van der Waals surface area contributed by atoms with E-state index in [4.69, 9.17) is 0 Å². The summed E-state index contributed by atoms with van der Waals surface area (Å²) in [6.07, 6.45) is 8.20. The lowest BCUT2D eigenvalue weighted by atomic mass is 9.88. The number of fused-ring (bicyclic) bond motifs is 1. The minimum atomic E-state index is -0.0637. The summed E-state index contributed by atoms with van der Waals surface area (Å²) < 4.78 is 1.94. The number of amides is 2. The van der Waals surface area contributed by atoms with Crippen LogP contribution in [0.15, 0.2) is 36.5 Å². The van der Waals surface area contributed by atoms with Crippen LogP contribution in [0, 0.1) is 0 Å². The standard InChI is InChI=1S/C24H34N4O2/c1-3-17-27(18-4-2)24(30)14-8-13-23(29)26-22-15-16-25-28(22)21-12-7-10-19-9-5-6-11-20(19)21/h5-6,9,11,15-16,21H,3-4,7-8,10,12-14,17-18H2,1-2H3,(H,26,29). The number of nitrogens with one attached hydrogen (secondary N) is 1. The number of anilines is 1. The third kappa shape index (κ3) is 5.49. The van der Waals surface area contributed by atoms with Gasteiger partial charge in [-0.2, -0.15) is 5.10 Å². The smallest absolute Gasteiger partial charge is 0.225 e. The highest BCUT2D eigenvalue weighted by Gasteiger charge is 2.24. The molecule has 0 fully saturated rings. The van der Waals surface area contributed by atoms with Crippen molar-refractivity contribution < 1.29 is 9.59 Å². The van der Waals surface area contributed by atoms with Crippen molar-refractivity contribution in [1.29, 1.82) is 0 Å². The molecule has 0 spiro atoms. The fourth-order valence-corrected chi connectivity index (χ4v) is 4.31. The van der Waals surface area contributed by atoms with Gasteiger partial charge in [0.2, 0.25) is 11.8 Å². The maximum Gasteiger partial charge on any atom is 0.225 e. The number of aryl methyl sites for hydroxylation is 1. The summed E-state index contributed by atoms with van der Waals surface area (Å²) in [6.45, 7) is 5.75. The highest BCUT2D eigenvalue weighted by atomic mass is 16.2. The van der Waals surface area contributed by atoms with E-state index in [1.165, 1.54) is 11.1 Å². The summed E-state index contributed by atoms with van der Waals surface area (Å²) in [6, 6.07) is 10.5. The van der Waals surface area contributed by atoms with Crippen molar-refractivity contribution in [2.45, 2.75) is 71.3 Å². The Balaban J connectivity index is 1.55. The second-order valence-electron chi connectivity index (χ2n) is 8.05. The van der Waals surface area contributed by atoms with E-state index in [9.17, 15) is 9.59 Å². The predicted octanol–water partition coefficient (Wildman–Crippen LogP) is 4.57. The minimum absolute atomic E-state index is 0.0637. The van der Waals surface area contributed by atoms with Crippen LogP contribution < -0.4 is 5.32 Å². The summed E-state index contributed by atoms with van der Waals surface area (Å²) in [5.74, 6) is 0.813. The average molecular weight is 411 g/mol. The van der Waals surface area contributed by atoms with Crippen LogP contribution in [0.1, 0.15) is 76.0 Å². The number of carbonyl (C=O) groups is 2. The zero-order valence-corrected chi connectivity index (χ0v) is 18.3. The molecule has 0 radical (unpaired) electrons. The SMILES string of the molecule is CCCN(CCC)C(=O)CCCC(=O)Nc1ccnn1C1CCCc2ccccc21. The van der Waals surface area contributed by atoms with Crippen LogP contribution in [0.4, 0.5) is 5.82 Å². The molecule has 1 aromatic heterocycles. The van der Waals surface area contributed by atoms with E-state index in [2.05, 4.69) is 48.5 Å². The first-order valence-corrected chi connectivity index (χ1v) is 11.3. The van der Waals surface area contributed by atoms with Crippen LogP contribution in [0.5, 0.6) is 0 Å². The van der Waals surface area contributed by atoms with Gasteiger partial charge in [0, 0.05) is 32.0 Å². The predicted molar refractivity (Wildman–Crippen MR) is 119 cm³/mol. The molecule has 0 saturated carbocycles. The lowest BCUT2D eigenvalue weighted by Gasteiger charge is -2.27. The highest BCUT2D eigenvalue weighted by molar-refractivity contribution is 5.90. The van der Waals surface area contributed by atoms with Crippen molar-refractivity contribution >= 4 is 17.6 Å². The maximum atomic E-state index is 12.5. The number of rotatable bonds is 10. The van der Waals surface area contributed by atoms with E-state index in [1.807, 2.05) is 15.6 Å². The molecule has 1 atom stereocenters. The van der Waals surface area contributed by atoms with E-state index in [0.717, 1.165) is 51.0 Å².